The maximum Gasteiger partial charge on any atom is 0.336 e. The van der Waals surface area contributed by atoms with Crippen LogP contribution in [0.3, 0.4) is 0 Å². The molecular formula is C13H14N6O2. The number of aromatic amines is 1. The Morgan fingerprint density at radius 3 is 3.00 bits per heavy atom. The molecule has 1 aromatic carbocycles. The predicted octanol–water partition coefficient (Wildman–Crippen LogP) is 1.36. The molecule has 2 heterocycles. The number of fused-ring (bicyclic) bond motifs is 1. The Morgan fingerprint density at radius 2 is 2.24 bits per heavy atom. The van der Waals surface area contributed by atoms with Gasteiger partial charge in [-0.15, -0.1) is 5.10 Å². The fourth-order valence-electron chi connectivity index (χ4n) is 2.03. The number of rotatable bonds is 4. The van der Waals surface area contributed by atoms with Crippen LogP contribution in [-0.2, 0) is 4.79 Å². The van der Waals surface area contributed by atoms with Crippen molar-refractivity contribution in [3.63, 3.8) is 0 Å². The molecule has 0 radical (unpaired) electrons. The summed E-state index contributed by atoms with van der Waals surface area (Å²) in [7, 11) is 1.45. The summed E-state index contributed by atoms with van der Waals surface area (Å²) in [5.74, 6) is 0.0186. The number of nitrogens with one attached hydrogen (secondary N) is 2. The van der Waals surface area contributed by atoms with E-state index in [1.165, 1.54) is 7.11 Å². The van der Waals surface area contributed by atoms with Crippen molar-refractivity contribution >= 4 is 22.9 Å². The van der Waals surface area contributed by atoms with E-state index in [9.17, 15) is 4.79 Å². The van der Waals surface area contributed by atoms with Gasteiger partial charge in [-0.2, -0.15) is 4.98 Å². The van der Waals surface area contributed by atoms with E-state index in [2.05, 4.69) is 25.5 Å². The number of ether oxygens (including phenoxy) is 1. The third-order valence-electron chi connectivity index (χ3n) is 3.17. The van der Waals surface area contributed by atoms with E-state index in [1.54, 1.807) is 17.8 Å². The minimum Gasteiger partial charge on any atom is -0.466 e. The van der Waals surface area contributed by atoms with Crippen molar-refractivity contribution in [2.75, 3.05) is 12.4 Å². The lowest BCUT2D eigenvalue weighted by atomic mass is 10.2. The molecule has 3 rings (SSSR count). The standard InChI is InChI=1S/C13H14N6O2/c1-8(11(20)15-12-16-13(21-2)18-17-12)19-7-14-9-5-3-4-6-10(9)19/h3-8H,1-2H3,(H2,15,16,17,18,20). The lowest BCUT2D eigenvalue weighted by Gasteiger charge is -2.13. The maximum atomic E-state index is 12.3. The zero-order valence-corrected chi connectivity index (χ0v) is 11.6. The Balaban J connectivity index is 1.81. The predicted molar refractivity (Wildman–Crippen MR) is 76.0 cm³/mol. The molecule has 108 valence electrons. The molecule has 0 aliphatic carbocycles. The van der Waals surface area contributed by atoms with Crippen LogP contribution in [0.1, 0.15) is 13.0 Å². The van der Waals surface area contributed by atoms with E-state index in [4.69, 9.17) is 4.74 Å². The minimum absolute atomic E-state index is 0.172. The number of hydrogen-bond donors (Lipinski definition) is 2. The van der Waals surface area contributed by atoms with Gasteiger partial charge in [0.15, 0.2) is 0 Å². The van der Waals surface area contributed by atoms with Crippen molar-refractivity contribution in [2.24, 2.45) is 0 Å². The number of carbonyl (C=O) groups is 1. The van der Waals surface area contributed by atoms with E-state index in [1.807, 2.05) is 24.3 Å². The van der Waals surface area contributed by atoms with Crippen molar-refractivity contribution in [1.29, 1.82) is 0 Å². The average Bonchev–Trinajstić information content (AvgIpc) is 3.12. The first kappa shape index (κ1) is 13.1. The molecule has 0 fully saturated rings. The molecular weight excluding hydrogens is 272 g/mol. The van der Waals surface area contributed by atoms with Crippen LogP contribution in [0.15, 0.2) is 30.6 Å². The molecule has 0 aliphatic rings. The van der Waals surface area contributed by atoms with Crippen LogP contribution >= 0.6 is 0 Å². The fourth-order valence-corrected chi connectivity index (χ4v) is 2.03. The molecule has 3 aromatic rings. The monoisotopic (exact) mass is 286 g/mol. The van der Waals surface area contributed by atoms with Crippen LogP contribution in [0.4, 0.5) is 5.95 Å². The smallest absolute Gasteiger partial charge is 0.336 e. The van der Waals surface area contributed by atoms with Gasteiger partial charge in [0.2, 0.25) is 11.9 Å². The number of benzene rings is 1. The molecule has 1 atom stereocenters. The minimum atomic E-state index is -0.437. The molecule has 0 bridgehead atoms. The molecule has 0 spiro atoms. The lowest BCUT2D eigenvalue weighted by molar-refractivity contribution is -0.118. The van der Waals surface area contributed by atoms with Gasteiger partial charge >= 0.3 is 6.01 Å². The Labute approximate surface area is 120 Å². The molecule has 0 saturated carbocycles. The third kappa shape index (κ3) is 2.42. The highest BCUT2D eigenvalue weighted by Gasteiger charge is 2.18. The molecule has 8 heteroatoms. The highest BCUT2D eigenvalue weighted by atomic mass is 16.5. The van der Waals surface area contributed by atoms with Crippen LogP contribution in [0, 0.1) is 0 Å². The molecule has 0 saturated heterocycles. The zero-order chi connectivity index (χ0) is 14.8. The SMILES string of the molecule is COc1n[nH]c(NC(=O)C(C)n2cnc3ccccc32)n1. The van der Waals surface area contributed by atoms with Gasteiger partial charge in [-0.25, -0.2) is 10.1 Å². The van der Waals surface area contributed by atoms with Gasteiger partial charge in [0, 0.05) is 0 Å². The number of nitrogens with zero attached hydrogens (tertiary/aromatic N) is 4. The topological polar surface area (TPSA) is 97.7 Å². The number of amides is 1. The number of hydrogen-bond acceptors (Lipinski definition) is 5. The summed E-state index contributed by atoms with van der Waals surface area (Å²) in [6, 6.07) is 7.37. The van der Waals surface area contributed by atoms with E-state index >= 15 is 0 Å². The number of imidazole rings is 1. The first-order chi connectivity index (χ1) is 10.2. The normalized spacial score (nSPS) is 12.3. The van der Waals surface area contributed by atoms with Gasteiger partial charge in [0.25, 0.3) is 0 Å². The van der Waals surface area contributed by atoms with Gasteiger partial charge in [0.1, 0.15) is 6.04 Å². The first-order valence-electron chi connectivity index (χ1n) is 6.38. The Morgan fingerprint density at radius 1 is 1.43 bits per heavy atom. The van der Waals surface area contributed by atoms with Crippen LogP contribution in [0.2, 0.25) is 0 Å². The van der Waals surface area contributed by atoms with Crippen molar-refractivity contribution < 1.29 is 9.53 Å². The average molecular weight is 286 g/mol. The van der Waals surface area contributed by atoms with Crippen molar-refractivity contribution in [3.05, 3.63) is 30.6 Å². The van der Waals surface area contributed by atoms with E-state index in [0.717, 1.165) is 11.0 Å². The quantitative estimate of drug-likeness (QED) is 0.754. The maximum absolute atomic E-state index is 12.3. The Kier molecular flexibility index (Phi) is 3.27. The molecule has 2 aromatic heterocycles. The summed E-state index contributed by atoms with van der Waals surface area (Å²) in [4.78, 5) is 20.5. The molecule has 1 amide bonds. The Hall–Kier alpha value is -2.90. The molecule has 1 unspecified atom stereocenters. The zero-order valence-electron chi connectivity index (χ0n) is 11.6. The number of anilines is 1. The summed E-state index contributed by atoms with van der Waals surface area (Å²) in [5.41, 5.74) is 1.74. The number of aromatic nitrogens is 5. The van der Waals surface area contributed by atoms with Crippen LogP contribution in [0.5, 0.6) is 6.01 Å². The highest BCUT2D eigenvalue weighted by molar-refractivity contribution is 5.93. The highest BCUT2D eigenvalue weighted by Crippen LogP contribution is 2.18. The molecule has 2 N–H and O–H groups in total. The summed E-state index contributed by atoms with van der Waals surface area (Å²) in [5, 5.41) is 9.00. The van der Waals surface area contributed by atoms with Crippen molar-refractivity contribution in [2.45, 2.75) is 13.0 Å². The van der Waals surface area contributed by atoms with Crippen molar-refractivity contribution in [1.82, 2.24) is 24.7 Å². The molecule has 0 aliphatic heterocycles. The van der Waals surface area contributed by atoms with Gasteiger partial charge in [-0.3, -0.25) is 10.1 Å². The summed E-state index contributed by atoms with van der Waals surface area (Å²) < 4.78 is 6.65. The number of methoxy groups -OCH3 is 1. The number of para-hydroxylation sites is 2. The van der Waals surface area contributed by atoms with Gasteiger partial charge in [-0.05, 0) is 19.1 Å². The first-order valence-corrected chi connectivity index (χ1v) is 6.38. The van der Waals surface area contributed by atoms with Crippen LogP contribution in [-0.4, -0.2) is 37.7 Å². The number of carbonyl (C=O) groups excluding carboxylic acids is 1. The molecule has 8 nitrogen and oxygen atoms in total. The second-order valence-corrected chi connectivity index (χ2v) is 4.48. The van der Waals surface area contributed by atoms with Gasteiger partial charge in [-0.1, -0.05) is 12.1 Å². The van der Waals surface area contributed by atoms with E-state index < -0.39 is 6.04 Å². The summed E-state index contributed by atoms with van der Waals surface area (Å²) in [6.07, 6.45) is 1.65. The van der Waals surface area contributed by atoms with Crippen LogP contribution < -0.4 is 10.1 Å². The van der Waals surface area contributed by atoms with E-state index in [-0.39, 0.29) is 17.9 Å². The Bertz CT molecular complexity index is 778. The van der Waals surface area contributed by atoms with Gasteiger partial charge in [0.05, 0.1) is 24.5 Å². The van der Waals surface area contributed by atoms with Crippen LogP contribution in [0.25, 0.3) is 11.0 Å². The number of H-pyrrole nitrogens is 1. The second kappa shape index (κ2) is 5.23. The summed E-state index contributed by atoms with van der Waals surface area (Å²) >= 11 is 0. The van der Waals surface area contributed by atoms with E-state index in [0.29, 0.717) is 0 Å². The van der Waals surface area contributed by atoms with Crippen molar-refractivity contribution in [3.8, 4) is 6.01 Å². The second-order valence-electron chi connectivity index (χ2n) is 4.48. The van der Waals surface area contributed by atoms with Gasteiger partial charge < -0.3 is 9.30 Å². The lowest BCUT2D eigenvalue weighted by Crippen LogP contribution is -2.23. The molecule has 21 heavy (non-hydrogen) atoms. The largest absolute Gasteiger partial charge is 0.466 e. The fraction of sp³-hybridized carbons (Fsp3) is 0.231. The third-order valence-corrected chi connectivity index (χ3v) is 3.17. The summed E-state index contributed by atoms with van der Waals surface area (Å²) in [6.45, 7) is 1.79.